The van der Waals surface area contributed by atoms with Crippen molar-refractivity contribution >= 4 is 27.1 Å². The van der Waals surface area contributed by atoms with Crippen molar-refractivity contribution in [2.45, 2.75) is 24.9 Å². The molecule has 0 aliphatic carbocycles. The van der Waals surface area contributed by atoms with Gasteiger partial charge in [-0.3, -0.25) is 10.1 Å². The summed E-state index contributed by atoms with van der Waals surface area (Å²) in [5, 5.41) is 8.20. The number of benzene rings is 1. The molecule has 2 heterocycles. The van der Waals surface area contributed by atoms with Gasteiger partial charge in [0.15, 0.2) is 9.84 Å². The van der Waals surface area contributed by atoms with Crippen molar-refractivity contribution in [2.75, 3.05) is 18.1 Å². The summed E-state index contributed by atoms with van der Waals surface area (Å²) in [6, 6.07) is 13.9. The van der Waals surface area contributed by atoms with E-state index in [0.717, 1.165) is 10.4 Å². The van der Waals surface area contributed by atoms with Crippen molar-refractivity contribution in [1.82, 2.24) is 10.6 Å². The standard InChI is InChI=1S/C18H22N2O3S2/c1-18(9-11-25(22,23)13-18)20-16(21)12-19-17(15-8-5-10-24-15)14-6-3-2-4-7-14/h2-8,10,17,19H,9,11-13H2,1H3,(H,20,21)/t17-,18-/m1/s1. The molecule has 0 saturated carbocycles. The van der Waals surface area contributed by atoms with Crippen LogP contribution < -0.4 is 10.6 Å². The molecule has 3 rings (SSSR count). The molecule has 1 aliphatic rings. The molecule has 1 amide bonds. The van der Waals surface area contributed by atoms with Gasteiger partial charge >= 0.3 is 0 Å². The van der Waals surface area contributed by atoms with E-state index in [2.05, 4.69) is 10.6 Å². The summed E-state index contributed by atoms with van der Waals surface area (Å²) in [6.45, 7) is 1.93. The first-order valence-corrected chi connectivity index (χ1v) is 10.9. The molecule has 1 saturated heterocycles. The van der Waals surface area contributed by atoms with Crippen LogP contribution in [0.5, 0.6) is 0 Å². The highest BCUT2D eigenvalue weighted by Gasteiger charge is 2.39. The van der Waals surface area contributed by atoms with Crippen molar-refractivity contribution in [3.8, 4) is 0 Å². The van der Waals surface area contributed by atoms with Crippen LogP contribution in [0.25, 0.3) is 0 Å². The van der Waals surface area contributed by atoms with E-state index in [1.165, 1.54) is 0 Å². The Hall–Kier alpha value is -1.70. The van der Waals surface area contributed by atoms with Crippen LogP contribution >= 0.6 is 11.3 Å². The number of thiophene rings is 1. The second kappa shape index (κ2) is 7.27. The summed E-state index contributed by atoms with van der Waals surface area (Å²) < 4.78 is 23.3. The lowest BCUT2D eigenvalue weighted by Gasteiger charge is -2.25. The molecular weight excluding hydrogens is 356 g/mol. The fourth-order valence-electron chi connectivity index (χ4n) is 3.17. The summed E-state index contributed by atoms with van der Waals surface area (Å²) in [6.07, 6.45) is 0.466. The average molecular weight is 379 g/mol. The van der Waals surface area contributed by atoms with Crippen molar-refractivity contribution in [3.63, 3.8) is 0 Å². The third kappa shape index (κ3) is 4.68. The molecule has 25 heavy (non-hydrogen) atoms. The van der Waals surface area contributed by atoms with E-state index in [9.17, 15) is 13.2 Å². The van der Waals surface area contributed by atoms with E-state index in [0.29, 0.717) is 6.42 Å². The molecule has 0 radical (unpaired) electrons. The maximum Gasteiger partial charge on any atom is 0.234 e. The monoisotopic (exact) mass is 378 g/mol. The maximum atomic E-state index is 12.4. The topological polar surface area (TPSA) is 75.3 Å². The van der Waals surface area contributed by atoms with Crippen molar-refractivity contribution in [3.05, 3.63) is 58.3 Å². The van der Waals surface area contributed by atoms with Crippen LogP contribution in [0.1, 0.15) is 29.8 Å². The predicted octanol–water partition coefficient (Wildman–Crippen LogP) is 2.12. The minimum atomic E-state index is -3.04. The van der Waals surface area contributed by atoms with E-state index in [1.807, 2.05) is 47.8 Å². The predicted molar refractivity (Wildman–Crippen MR) is 100 cm³/mol. The molecular formula is C18H22N2O3S2. The van der Waals surface area contributed by atoms with Crippen LogP contribution in [-0.2, 0) is 14.6 Å². The fourth-order valence-corrected chi connectivity index (χ4v) is 6.09. The number of carbonyl (C=O) groups is 1. The molecule has 2 aromatic rings. The Morgan fingerprint density at radius 3 is 2.60 bits per heavy atom. The molecule has 7 heteroatoms. The first-order valence-electron chi connectivity index (χ1n) is 8.20. The van der Waals surface area contributed by atoms with Gasteiger partial charge in [-0.2, -0.15) is 0 Å². The van der Waals surface area contributed by atoms with Crippen LogP contribution in [0.3, 0.4) is 0 Å². The number of hydrogen-bond donors (Lipinski definition) is 2. The lowest BCUT2D eigenvalue weighted by atomic mass is 10.0. The summed E-state index contributed by atoms with van der Waals surface area (Å²) >= 11 is 1.64. The lowest BCUT2D eigenvalue weighted by Crippen LogP contribution is -2.50. The summed E-state index contributed by atoms with van der Waals surface area (Å²) in [5.74, 6) is -0.0326. The van der Waals surface area contributed by atoms with Crippen LogP contribution in [0, 0.1) is 0 Å². The van der Waals surface area contributed by atoms with Crippen molar-refractivity contribution in [1.29, 1.82) is 0 Å². The van der Waals surface area contributed by atoms with E-state index in [4.69, 9.17) is 0 Å². The number of amides is 1. The average Bonchev–Trinajstić information content (AvgIpc) is 3.17. The Kier molecular flexibility index (Phi) is 5.27. The highest BCUT2D eigenvalue weighted by molar-refractivity contribution is 7.91. The summed E-state index contributed by atoms with van der Waals surface area (Å²) in [7, 11) is -3.04. The second-order valence-electron chi connectivity index (χ2n) is 6.69. The summed E-state index contributed by atoms with van der Waals surface area (Å²) in [4.78, 5) is 13.5. The number of hydrogen-bond acceptors (Lipinski definition) is 5. The van der Waals surface area contributed by atoms with Gasteiger partial charge in [0, 0.05) is 4.88 Å². The minimum Gasteiger partial charge on any atom is -0.349 e. The molecule has 1 aromatic carbocycles. The van der Waals surface area contributed by atoms with Gasteiger partial charge in [-0.05, 0) is 30.4 Å². The normalized spacial score (nSPS) is 23.2. The second-order valence-corrected chi connectivity index (χ2v) is 9.85. The van der Waals surface area contributed by atoms with E-state index < -0.39 is 15.4 Å². The number of nitrogens with one attached hydrogen (secondary N) is 2. The lowest BCUT2D eigenvalue weighted by molar-refractivity contribution is -0.121. The van der Waals surface area contributed by atoms with Gasteiger partial charge in [0.1, 0.15) is 0 Å². The minimum absolute atomic E-state index is 0.0127. The van der Waals surface area contributed by atoms with Gasteiger partial charge in [-0.25, -0.2) is 8.42 Å². The molecule has 1 aliphatic heterocycles. The van der Waals surface area contributed by atoms with Gasteiger partial charge in [-0.1, -0.05) is 36.4 Å². The molecule has 1 fully saturated rings. The first kappa shape index (κ1) is 18.1. The SMILES string of the molecule is C[C@@]1(NC(=O)CN[C@H](c2ccccc2)c2cccs2)CCS(=O)(=O)C1. The third-order valence-corrected chi connectivity index (χ3v) is 7.21. The zero-order valence-electron chi connectivity index (χ0n) is 14.1. The molecule has 2 atom stereocenters. The number of rotatable bonds is 6. The Bertz CT molecular complexity index is 819. The quantitative estimate of drug-likeness (QED) is 0.807. The van der Waals surface area contributed by atoms with Gasteiger partial charge < -0.3 is 5.32 Å². The molecule has 0 spiro atoms. The van der Waals surface area contributed by atoms with Crippen LogP contribution in [-0.4, -0.2) is 37.9 Å². The molecule has 5 nitrogen and oxygen atoms in total. The molecule has 0 bridgehead atoms. The Morgan fingerprint density at radius 1 is 1.24 bits per heavy atom. The smallest absolute Gasteiger partial charge is 0.234 e. The zero-order chi connectivity index (χ0) is 17.9. The Balaban J connectivity index is 1.65. The van der Waals surface area contributed by atoms with Crippen LogP contribution in [0.15, 0.2) is 47.8 Å². The van der Waals surface area contributed by atoms with Crippen LogP contribution in [0.2, 0.25) is 0 Å². The third-order valence-electron chi connectivity index (χ3n) is 4.37. The number of carbonyl (C=O) groups excluding carboxylic acids is 1. The van der Waals surface area contributed by atoms with E-state index in [-0.39, 0.29) is 30.0 Å². The Labute approximate surface area is 152 Å². The maximum absolute atomic E-state index is 12.4. The van der Waals surface area contributed by atoms with Gasteiger partial charge in [0.05, 0.1) is 29.6 Å². The first-order chi connectivity index (χ1) is 11.9. The zero-order valence-corrected chi connectivity index (χ0v) is 15.7. The van der Waals surface area contributed by atoms with Crippen molar-refractivity contribution in [2.24, 2.45) is 0 Å². The highest BCUT2D eigenvalue weighted by atomic mass is 32.2. The largest absolute Gasteiger partial charge is 0.349 e. The summed E-state index contributed by atoms with van der Waals surface area (Å²) in [5.41, 5.74) is 0.426. The Morgan fingerprint density at radius 2 is 2.00 bits per heavy atom. The van der Waals surface area contributed by atoms with E-state index >= 15 is 0 Å². The number of sulfone groups is 1. The molecule has 134 valence electrons. The van der Waals surface area contributed by atoms with E-state index in [1.54, 1.807) is 18.3 Å². The molecule has 1 aromatic heterocycles. The fraction of sp³-hybridized carbons (Fsp3) is 0.389. The molecule has 0 unspecified atom stereocenters. The highest BCUT2D eigenvalue weighted by Crippen LogP contribution is 2.26. The van der Waals surface area contributed by atoms with Crippen LogP contribution in [0.4, 0.5) is 0 Å². The van der Waals surface area contributed by atoms with Gasteiger partial charge in [0.2, 0.25) is 5.91 Å². The van der Waals surface area contributed by atoms with Gasteiger partial charge in [0.25, 0.3) is 0 Å². The van der Waals surface area contributed by atoms with Gasteiger partial charge in [-0.15, -0.1) is 11.3 Å². The van der Waals surface area contributed by atoms with Crippen molar-refractivity contribution < 1.29 is 13.2 Å². The molecule has 2 N–H and O–H groups in total.